The first-order valence-electron chi connectivity index (χ1n) is 9.43. The molecule has 3 unspecified atom stereocenters. The van der Waals surface area contributed by atoms with E-state index in [0.717, 1.165) is 37.9 Å². The molecule has 0 saturated carbocycles. The molecule has 0 aromatic heterocycles. The maximum atomic E-state index is 13.4. The third-order valence-corrected chi connectivity index (χ3v) is 5.19. The summed E-state index contributed by atoms with van der Waals surface area (Å²) in [5.41, 5.74) is 0.862. The van der Waals surface area contributed by atoms with Crippen LogP contribution in [0.1, 0.15) is 51.1 Å². The Morgan fingerprint density at radius 3 is 2.60 bits per heavy atom. The molecule has 5 heteroatoms. The average Bonchev–Trinajstić information content (AvgIpc) is 2.85. The minimum atomic E-state index is -0.589. The summed E-state index contributed by atoms with van der Waals surface area (Å²) < 4.78 is 0. The predicted octanol–water partition coefficient (Wildman–Crippen LogP) is 2.24. The Balaban J connectivity index is 1.83. The zero-order valence-electron chi connectivity index (χ0n) is 15.2. The Morgan fingerprint density at radius 2 is 1.88 bits per heavy atom. The third-order valence-electron chi connectivity index (χ3n) is 5.19. The van der Waals surface area contributed by atoms with Crippen LogP contribution in [0, 0.1) is 5.92 Å². The van der Waals surface area contributed by atoms with Gasteiger partial charge in [0.2, 0.25) is 11.8 Å². The molecular weight excluding hydrogens is 314 g/mol. The normalized spacial score (nSPS) is 24.0. The highest BCUT2D eigenvalue weighted by Crippen LogP contribution is 2.31. The van der Waals surface area contributed by atoms with Crippen LogP contribution in [0.2, 0.25) is 0 Å². The highest BCUT2D eigenvalue weighted by Gasteiger charge is 2.41. The lowest BCUT2D eigenvalue weighted by Crippen LogP contribution is -2.49. The zero-order valence-corrected chi connectivity index (χ0v) is 15.2. The molecule has 0 spiro atoms. The zero-order chi connectivity index (χ0) is 17.8. The molecule has 2 saturated heterocycles. The number of nitrogens with zero attached hydrogens (tertiary/aromatic N) is 1. The van der Waals surface area contributed by atoms with Crippen molar-refractivity contribution in [1.82, 2.24) is 15.5 Å². The van der Waals surface area contributed by atoms with Crippen LogP contribution in [-0.2, 0) is 9.59 Å². The lowest BCUT2D eigenvalue weighted by molar-refractivity contribution is -0.139. The van der Waals surface area contributed by atoms with Crippen LogP contribution in [0.25, 0.3) is 0 Å². The van der Waals surface area contributed by atoms with Crippen molar-refractivity contribution in [3.8, 4) is 0 Å². The fourth-order valence-corrected chi connectivity index (χ4v) is 4.02. The molecule has 0 aliphatic carbocycles. The monoisotopic (exact) mass is 343 g/mol. The summed E-state index contributed by atoms with van der Waals surface area (Å²) in [4.78, 5) is 27.8. The molecule has 1 aromatic carbocycles. The lowest BCUT2D eigenvalue weighted by Gasteiger charge is -2.32. The molecular formula is C20H29N3O2. The van der Waals surface area contributed by atoms with Gasteiger partial charge in [-0.1, -0.05) is 44.2 Å². The number of carbonyl (C=O) groups is 2. The Labute approximate surface area is 150 Å². The van der Waals surface area contributed by atoms with Crippen LogP contribution in [0.15, 0.2) is 30.3 Å². The van der Waals surface area contributed by atoms with Crippen LogP contribution in [0.4, 0.5) is 0 Å². The maximum Gasteiger partial charge on any atom is 0.250 e. The quantitative estimate of drug-likeness (QED) is 0.862. The first kappa shape index (κ1) is 17.9. The molecule has 5 nitrogen and oxygen atoms in total. The summed E-state index contributed by atoms with van der Waals surface area (Å²) in [6.45, 7) is 5.84. The first-order chi connectivity index (χ1) is 12.1. The Morgan fingerprint density at radius 1 is 1.16 bits per heavy atom. The molecule has 2 bridgehead atoms. The van der Waals surface area contributed by atoms with Gasteiger partial charge in [0.1, 0.15) is 6.04 Å². The maximum absolute atomic E-state index is 13.4. The molecule has 2 aliphatic heterocycles. The molecule has 2 heterocycles. The fourth-order valence-electron chi connectivity index (χ4n) is 4.02. The number of amides is 2. The van der Waals surface area contributed by atoms with E-state index in [9.17, 15) is 9.59 Å². The number of fused-ring (bicyclic) bond motifs is 2. The van der Waals surface area contributed by atoms with E-state index in [1.165, 1.54) is 0 Å². The Kier molecular flexibility index (Phi) is 5.74. The highest BCUT2D eigenvalue weighted by molar-refractivity contribution is 5.89. The molecule has 3 atom stereocenters. The van der Waals surface area contributed by atoms with Gasteiger partial charge in [-0.05, 0) is 37.3 Å². The molecule has 136 valence electrons. The van der Waals surface area contributed by atoms with Crippen LogP contribution in [-0.4, -0.2) is 41.9 Å². The Hall–Kier alpha value is -1.88. The van der Waals surface area contributed by atoms with Crippen molar-refractivity contribution >= 4 is 11.8 Å². The summed E-state index contributed by atoms with van der Waals surface area (Å²) in [5.74, 6) is 0.252. The van der Waals surface area contributed by atoms with Gasteiger partial charge < -0.3 is 15.5 Å². The van der Waals surface area contributed by atoms with Gasteiger partial charge in [0.25, 0.3) is 0 Å². The SMILES string of the molecule is CC(C)CC(=O)NC(C(=O)N1C2CCNCC1CC2)c1ccccc1. The van der Waals surface area contributed by atoms with Crippen LogP contribution in [0.5, 0.6) is 0 Å². The minimum absolute atomic E-state index is 0.0412. The van der Waals surface area contributed by atoms with E-state index in [2.05, 4.69) is 10.6 Å². The van der Waals surface area contributed by atoms with E-state index in [1.807, 2.05) is 49.1 Å². The van der Waals surface area contributed by atoms with Crippen molar-refractivity contribution < 1.29 is 9.59 Å². The number of nitrogens with one attached hydrogen (secondary N) is 2. The lowest BCUT2D eigenvalue weighted by atomic mass is 10.0. The second-order valence-electron chi connectivity index (χ2n) is 7.63. The second-order valence-corrected chi connectivity index (χ2v) is 7.63. The van der Waals surface area contributed by atoms with E-state index in [1.54, 1.807) is 0 Å². The van der Waals surface area contributed by atoms with Crippen molar-refractivity contribution in [2.75, 3.05) is 13.1 Å². The highest BCUT2D eigenvalue weighted by atomic mass is 16.2. The number of benzene rings is 1. The van der Waals surface area contributed by atoms with Gasteiger partial charge in [-0.15, -0.1) is 0 Å². The first-order valence-corrected chi connectivity index (χ1v) is 9.43. The minimum Gasteiger partial charge on any atom is -0.341 e. The number of carbonyl (C=O) groups excluding carboxylic acids is 2. The summed E-state index contributed by atoms with van der Waals surface area (Å²) >= 11 is 0. The molecule has 0 radical (unpaired) electrons. The van der Waals surface area contributed by atoms with E-state index in [4.69, 9.17) is 0 Å². The molecule has 2 amide bonds. The van der Waals surface area contributed by atoms with E-state index in [-0.39, 0.29) is 23.8 Å². The number of hydrogen-bond acceptors (Lipinski definition) is 3. The molecule has 1 aromatic rings. The molecule has 25 heavy (non-hydrogen) atoms. The molecule has 2 N–H and O–H groups in total. The topological polar surface area (TPSA) is 61.4 Å². The van der Waals surface area contributed by atoms with Crippen molar-refractivity contribution in [3.05, 3.63) is 35.9 Å². The van der Waals surface area contributed by atoms with Gasteiger partial charge >= 0.3 is 0 Å². The van der Waals surface area contributed by atoms with Crippen LogP contribution >= 0.6 is 0 Å². The summed E-state index contributed by atoms with van der Waals surface area (Å²) in [7, 11) is 0. The van der Waals surface area contributed by atoms with E-state index >= 15 is 0 Å². The van der Waals surface area contributed by atoms with Crippen molar-refractivity contribution in [2.45, 2.75) is 57.7 Å². The van der Waals surface area contributed by atoms with Crippen LogP contribution in [0.3, 0.4) is 0 Å². The van der Waals surface area contributed by atoms with Gasteiger partial charge in [0.05, 0.1) is 0 Å². The van der Waals surface area contributed by atoms with Gasteiger partial charge in [-0.25, -0.2) is 0 Å². The molecule has 2 aliphatic rings. The van der Waals surface area contributed by atoms with Gasteiger partial charge in [-0.3, -0.25) is 9.59 Å². The summed E-state index contributed by atoms with van der Waals surface area (Å²) in [6, 6.07) is 9.57. The Bertz CT molecular complexity index is 588. The van der Waals surface area contributed by atoms with Gasteiger partial charge in [-0.2, -0.15) is 0 Å². The predicted molar refractivity (Wildman–Crippen MR) is 97.9 cm³/mol. The second kappa shape index (κ2) is 8.00. The van der Waals surface area contributed by atoms with Crippen LogP contribution < -0.4 is 10.6 Å². The number of rotatable bonds is 5. The number of hydrogen-bond donors (Lipinski definition) is 2. The van der Waals surface area contributed by atoms with Crippen molar-refractivity contribution in [3.63, 3.8) is 0 Å². The van der Waals surface area contributed by atoms with Crippen molar-refractivity contribution in [2.24, 2.45) is 5.92 Å². The standard InChI is InChI=1S/C20H29N3O2/c1-14(2)12-18(24)22-19(15-6-4-3-5-7-15)20(25)23-16-8-9-17(23)13-21-11-10-16/h3-7,14,16-17,19,21H,8-13H2,1-2H3,(H,22,24). The van der Waals surface area contributed by atoms with E-state index in [0.29, 0.717) is 12.5 Å². The fraction of sp³-hybridized carbons (Fsp3) is 0.600. The summed E-state index contributed by atoms with van der Waals surface area (Å²) in [6.07, 6.45) is 3.54. The third kappa shape index (κ3) is 4.21. The van der Waals surface area contributed by atoms with Crippen molar-refractivity contribution in [1.29, 1.82) is 0 Å². The average molecular weight is 343 g/mol. The van der Waals surface area contributed by atoms with Gasteiger partial charge in [0.15, 0.2) is 0 Å². The van der Waals surface area contributed by atoms with Gasteiger partial charge in [0, 0.05) is 25.0 Å². The molecule has 2 fully saturated rings. The molecule has 3 rings (SSSR count). The smallest absolute Gasteiger partial charge is 0.250 e. The summed E-state index contributed by atoms with van der Waals surface area (Å²) in [5, 5.41) is 6.43. The van der Waals surface area contributed by atoms with E-state index < -0.39 is 6.04 Å². The largest absolute Gasteiger partial charge is 0.341 e.